The molecule has 0 aliphatic heterocycles. The van der Waals surface area contributed by atoms with Crippen LogP contribution in [0.25, 0.3) is 0 Å². The Balaban J connectivity index is 2.60. The largest absolute Gasteiger partial charge is 0.493 e. The maximum Gasteiger partial charge on any atom is 0.306 e. The molecule has 0 bridgehead atoms. The van der Waals surface area contributed by atoms with E-state index in [0.717, 1.165) is 5.56 Å². The van der Waals surface area contributed by atoms with Crippen molar-refractivity contribution in [1.29, 1.82) is 0 Å². The maximum atomic E-state index is 11.7. The minimum atomic E-state index is -2.52. The van der Waals surface area contributed by atoms with Crippen LogP contribution in [0.4, 0.5) is 0 Å². The van der Waals surface area contributed by atoms with Gasteiger partial charge in [-0.05, 0) is 51.3 Å². The molecule has 1 aromatic rings. The van der Waals surface area contributed by atoms with Crippen molar-refractivity contribution in [3.8, 4) is 11.5 Å². The lowest BCUT2D eigenvalue weighted by Gasteiger charge is -2.19. The van der Waals surface area contributed by atoms with Crippen molar-refractivity contribution in [2.75, 3.05) is 14.1 Å². The summed E-state index contributed by atoms with van der Waals surface area (Å²) in [6.45, 7) is 5.50. The summed E-state index contributed by atoms with van der Waals surface area (Å²) < 4.78 is 36.7. The second-order valence-corrected chi connectivity index (χ2v) is 5.53. The number of aryl methyl sites for hydroxylation is 1. The average Bonchev–Trinajstić information content (AvgIpc) is 2.36. The molecule has 1 rings (SSSR count). The number of methoxy groups -OCH3 is 2. The van der Waals surface area contributed by atoms with E-state index in [2.05, 4.69) is 0 Å². The van der Waals surface area contributed by atoms with Crippen molar-refractivity contribution in [2.24, 2.45) is 0 Å². The van der Waals surface area contributed by atoms with Gasteiger partial charge in [0.2, 0.25) is 0 Å². The third-order valence-electron chi connectivity index (χ3n) is 2.60. The molecule has 112 valence electrons. The van der Waals surface area contributed by atoms with E-state index < -0.39 is 12.6 Å². The Morgan fingerprint density at radius 3 is 2.60 bits per heavy atom. The van der Waals surface area contributed by atoms with Crippen molar-refractivity contribution >= 4 is 5.97 Å². The second kappa shape index (κ2) is 7.17. The van der Waals surface area contributed by atoms with Gasteiger partial charge in [0.25, 0.3) is 0 Å². The first kappa shape index (κ1) is 12.1. The zero-order chi connectivity index (χ0) is 17.7. The predicted molar refractivity (Wildman–Crippen MR) is 78.3 cm³/mol. The van der Waals surface area contributed by atoms with Crippen LogP contribution >= 0.6 is 0 Å². The van der Waals surface area contributed by atoms with Gasteiger partial charge in [0.1, 0.15) is 5.60 Å². The normalized spacial score (nSPS) is 13.9. The van der Waals surface area contributed by atoms with E-state index in [1.165, 1.54) is 7.11 Å². The number of ether oxygens (including phenoxy) is 3. The van der Waals surface area contributed by atoms with Gasteiger partial charge >= 0.3 is 5.97 Å². The molecule has 0 heterocycles. The molecule has 0 saturated heterocycles. The Kier molecular flexibility index (Phi) is 4.33. The lowest BCUT2D eigenvalue weighted by atomic mass is 10.1. The quantitative estimate of drug-likeness (QED) is 0.751. The Morgan fingerprint density at radius 2 is 2.00 bits per heavy atom. The molecular formula is C16H24O4. The van der Waals surface area contributed by atoms with Crippen LogP contribution in [0.3, 0.4) is 0 Å². The Morgan fingerprint density at radius 1 is 1.25 bits per heavy atom. The van der Waals surface area contributed by atoms with Crippen molar-refractivity contribution < 1.29 is 23.1 Å². The first-order chi connectivity index (χ1) is 10.5. The second-order valence-electron chi connectivity index (χ2n) is 5.53. The highest BCUT2D eigenvalue weighted by atomic mass is 16.6. The molecule has 4 heteroatoms. The lowest BCUT2D eigenvalue weighted by Crippen LogP contribution is -2.23. The summed E-state index contributed by atoms with van der Waals surface area (Å²) in [5.41, 5.74) is 0.456. The summed E-state index contributed by atoms with van der Waals surface area (Å²) in [6.07, 6.45) is 1.62. The van der Waals surface area contributed by atoms with Crippen molar-refractivity contribution in [1.82, 2.24) is 0 Å². The molecule has 1 aromatic carbocycles. The van der Waals surface area contributed by atoms with Crippen LogP contribution < -0.4 is 9.47 Å². The Hall–Kier alpha value is -1.71. The SMILES string of the molecule is [2H]C([2H])([2H])Oc1ccc(CCCC(=O)OC(C)(C)C)cc1OC. The van der Waals surface area contributed by atoms with Gasteiger partial charge in [-0.2, -0.15) is 0 Å². The van der Waals surface area contributed by atoms with Crippen molar-refractivity contribution in [3.63, 3.8) is 0 Å². The molecule has 0 amide bonds. The number of carbonyl (C=O) groups is 1. The highest BCUT2D eigenvalue weighted by Gasteiger charge is 2.15. The van der Waals surface area contributed by atoms with E-state index >= 15 is 0 Å². The number of benzene rings is 1. The highest BCUT2D eigenvalue weighted by Crippen LogP contribution is 2.28. The zero-order valence-corrected chi connectivity index (χ0v) is 12.5. The van der Waals surface area contributed by atoms with Gasteiger partial charge in [-0.3, -0.25) is 4.79 Å². The summed E-state index contributed by atoms with van der Waals surface area (Å²) in [7, 11) is -1.07. The molecule has 4 nitrogen and oxygen atoms in total. The first-order valence-electron chi connectivity index (χ1n) is 8.08. The molecule has 0 aliphatic carbocycles. The van der Waals surface area contributed by atoms with Crippen LogP contribution in [-0.2, 0) is 16.0 Å². The lowest BCUT2D eigenvalue weighted by molar-refractivity contribution is -0.154. The molecule has 0 atom stereocenters. The summed E-state index contributed by atoms with van der Waals surface area (Å²) >= 11 is 0. The van der Waals surface area contributed by atoms with Gasteiger partial charge in [0.15, 0.2) is 11.5 Å². The third kappa shape index (κ3) is 5.51. The molecule has 0 radical (unpaired) electrons. The molecule has 0 saturated carbocycles. The zero-order valence-electron chi connectivity index (χ0n) is 15.5. The van der Waals surface area contributed by atoms with Gasteiger partial charge in [0.05, 0.1) is 18.3 Å². The summed E-state index contributed by atoms with van der Waals surface area (Å²) in [6, 6.07) is 5.04. The number of rotatable bonds is 6. The smallest absolute Gasteiger partial charge is 0.306 e. The van der Waals surface area contributed by atoms with Gasteiger partial charge in [-0.1, -0.05) is 6.07 Å². The molecule has 20 heavy (non-hydrogen) atoms. The molecule has 0 aromatic heterocycles. The molecule has 0 unspecified atom stereocenters. The van der Waals surface area contributed by atoms with Crippen LogP contribution in [0.5, 0.6) is 11.5 Å². The highest BCUT2D eigenvalue weighted by molar-refractivity contribution is 5.69. The molecule has 0 N–H and O–H groups in total. The fraction of sp³-hybridized carbons (Fsp3) is 0.562. The standard InChI is InChI=1S/C16H24O4/c1-16(2,3)20-15(17)8-6-7-12-9-10-13(18-4)14(11-12)19-5/h9-11H,6-8H2,1-5H3/i4D3. The van der Waals surface area contributed by atoms with E-state index in [4.69, 9.17) is 18.3 Å². The minimum absolute atomic E-state index is 0.170. The van der Waals surface area contributed by atoms with Gasteiger partial charge in [0, 0.05) is 6.42 Å². The topological polar surface area (TPSA) is 44.8 Å². The van der Waals surface area contributed by atoms with Crippen LogP contribution in [0.15, 0.2) is 18.2 Å². The number of carbonyl (C=O) groups excluding carboxylic acids is 1. The Bertz CT molecular complexity index is 533. The summed E-state index contributed by atoms with van der Waals surface area (Å²) in [4.78, 5) is 11.7. The molecule has 0 aliphatic rings. The maximum absolute atomic E-state index is 11.7. The van der Waals surface area contributed by atoms with E-state index in [0.29, 0.717) is 25.0 Å². The molecular weight excluding hydrogens is 256 g/mol. The predicted octanol–water partition coefficient (Wildman–Crippen LogP) is 3.37. The van der Waals surface area contributed by atoms with Crippen LogP contribution in [0.1, 0.15) is 43.3 Å². The Labute approximate surface area is 125 Å². The van der Waals surface area contributed by atoms with Gasteiger partial charge < -0.3 is 14.2 Å². The summed E-state index contributed by atoms with van der Waals surface area (Å²) in [5, 5.41) is 0. The van der Waals surface area contributed by atoms with E-state index in [-0.39, 0.29) is 11.7 Å². The fourth-order valence-electron chi connectivity index (χ4n) is 1.78. The van der Waals surface area contributed by atoms with E-state index in [9.17, 15) is 4.79 Å². The van der Waals surface area contributed by atoms with Crippen LogP contribution in [0.2, 0.25) is 0 Å². The average molecular weight is 283 g/mol. The van der Waals surface area contributed by atoms with Crippen molar-refractivity contribution in [3.05, 3.63) is 23.8 Å². The minimum Gasteiger partial charge on any atom is -0.493 e. The number of esters is 1. The number of hydrogen-bond donors (Lipinski definition) is 0. The molecule has 0 spiro atoms. The number of hydrogen-bond acceptors (Lipinski definition) is 4. The van der Waals surface area contributed by atoms with E-state index in [1.807, 2.05) is 20.8 Å². The van der Waals surface area contributed by atoms with Gasteiger partial charge in [-0.25, -0.2) is 0 Å². The van der Waals surface area contributed by atoms with Crippen LogP contribution in [0, 0.1) is 0 Å². The van der Waals surface area contributed by atoms with Crippen LogP contribution in [-0.4, -0.2) is 25.7 Å². The molecule has 0 fully saturated rings. The third-order valence-corrected chi connectivity index (χ3v) is 2.60. The monoisotopic (exact) mass is 283 g/mol. The van der Waals surface area contributed by atoms with Crippen molar-refractivity contribution in [2.45, 2.75) is 45.6 Å². The fourth-order valence-corrected chi connectivity index (χ4v) is 1.78. The first-order valence-corrected chi connectivity index (χ1v) is 6.58. The van der Waals surface area contributed by atoms with E-state index in [1.54, 1.807) is 18.2 Å². The van der Waals surface area contributed by atoms with Gasteiger partial charge in [-0.15, -0.1) is 0 Å². The summed E-state index contributed by atoms with van der Waals surface area (Å²) in [5.74, 6) is 0.297.